The Morgan fingerprint density at radius 3 is 1.62 bits per heavy atom. The third kappa shape index (κ3) is 7.17. The summed E-state index contributed by atoms with van der Waals surface area (Å²) in [6.45, 7) is 2.28. The van der Waals surface area contributed by atoms with Crippen molar-refractivity contribution >= 4 is 28.4 Å². The Kier molecular flexibility index (Phi) is 9.09. The van der Waals surface area contributed by atoms with Gasteiger partial charge in [0.05, 0.1) is 45.6 Å². The molecule has 5 aliphatic heterocycles. The number of unbranched alkanes of at least 4 members (excludes halogenated alkanes) is 9. The van der Waals surface area contributed by atoms with Crippen LogP contribution in [-0.2, 0) is 6.42 Å². The summed E-state index contributed by atoms with van der Waals surface area (Å²) in [6.07, 6.45) is 37.2. The number of aryl methyl sites for hydroxylation is 1. The predicted octanol–water partition coefficient (Wildman–Crippen LogP) is 9.57. The summed E-state index contributed by atoms with van der Waals surface area (Å²) < 4.78 is 0. The van der Waals surface area contributed by atoms with Crippen molar-refractivity contribution < 1.29 is 0 Å². The van der Waals surface area contributed by atoms with Gasteiger partial charge >= 0.3 is 0 Å². The van der Waals surface area contributed by atoms with Crippen LogP contribution in [-0.4, -0.2) is 22.8 Å². The van der Waals surface area contributed by atoms with Crippen LogP contribution in [0.5, 0.6) is 0 Å². The first-order valence-corrected chi connectivity index (χ1v) is 15.8. The van der Waals surface area contributed by atoms with Crippen LogP contribution in [0.25, 0.3) is 5.57 Å². The van der Waals surface area contributed by atoms with Crippen LogP contribution >= 0.6 is 0 Å². The van der Waals surface area contributed by atoms with E-state index in [9.17, 15) is 0 Å². The highest BCUT2D eigenvalue weighted by Gasteiger charge is 2.20. The molecule has 5 heterocycles. The molecule has 0 saturated heterocycles. The van der Waals surface area contributed by atoms with Crippen molar-refractivity contribution in [3.8, 4) is 0 Å². The van der Waals surface area contributed by atoms with Crippen molar-refractivity contribution in [2.24, 2.45) is 20.0 Å². The maximum absolute atomic E-state index is 5.07. The molecule has 0 spiro atoms. The fourth-order valence-corrected chi connectivity index (χ4v) is 5.92. The Morgan fingerprint density at radius 2 is 1.00 bits per heavy atom. The molecule has 4 nitrogen and oxygen atoms in total. The lowest BCUT2D eigenvalue weighted by molar-refractivity contribution is 0.556. The Labute approximate surface area is 250 Å². The Balaban J connectivity index is 1.20. The molecule has 4 heteroatoms. The number of fused-ring (bicyclic) bond motifs is 4. The molecule has 1 aromatic carbocycles. The van der Waals surface area contributed by atoms with Crippen molar-refractivity contribution in [3.05, 3.63) is 125 Å². The van der Waals surface area contributed by atoms with Crippen LogP contribution < -0.4 is 0 Å². The zero-order valence-electron chi connectivity index (χ0n) is 24.7. The molecule has 0 saturated carbocycles. The topological polar surface area (TPSA) is 49.4 Å². The summed E-state index contributed by atoms with van der Waals surface area (Å²) >= 11 is 0. The first kappa shape index (κ1) is 28.0. The van der Waals surface area contributed by atoms with Crippen LogP contribution in [0.2, 0.25) is 0 Å². The highest BCUT2D eigenvalue weighted by atomic mass is 14.8. The van der Waals surface area contributed by atoms with Crippen LogP contribution in [0.15, 0.2) is 134 Å². The van der Waals surface area contributed by atoms with Gasteiger partial charge in [-0.1, -0.05) is 89.0 Å². The molecule has 5 aliphatic rings. The lowest BCUT2D eigenvalue weighted by atomic mass is 9.93. The van der Waals surface area contributed by atoms with Crippen molar-refractivity contribution in [1.29, 1.82) is 0 Å². The van der Waals surface area contributed by atoms with Gasteiger partial charge in [-0.25, -0.2) is 20.0 Å². The van der Waals surface area contributed by atoms with Gasteiger partial charge in [0, 0.05) is 5.57 Å². The molecule has 0 N–H and O–H groups in total. The number of hydrogen-bond donors (Lipinski definition) is 0. The monoisotopic (exact) mass is 552 g/mol. The van der Waals surface area contributed by atoms with E-state index in [1.807, 2.05) is 42.5 Å². The molecule has 212 valence electrons. The number of benzene rings is 1. The zero-order valence-corrected chi connectivity index (χ0v) is 24.7. The van der Waals surface area contributed by atoms with E-state index in [2.05, 4.69) is 55.5 Å². The molecular weight excluding hydrogens is 512 g/mol. The zero-order chi connectivity index (χ0) is 28.6. The summed E-state index contributed by atoms with van der Waals surface area (Å²) in [5.74, 6) is 0. The molecule has 0 fully saturated rings. The summed E-state index contributed by atoms with van der Waals surface area (Å²) in [5, 5.41) is 0. The third-order valence-electron chi connectivity index (χ3n) is 8.15. The first-order valence-electron chi connectivity index (χ1n) is 15.8. The summed E-state index contributed by atoms with van der Waals surface area (Å²) in [5.41, 5.74) is 11.0. The SMILES string of the molecule is CCCCCCCCCCCCc1ccccc1C1=CC2=CC3=NC(=CC4=NC(=CC5=NC(=CC1=N2)C=C5)C=C4)C=C3. The second-order valence-electron chi connectivity index (χ2n) is 11.5. The predicted molar refractivity (Wildman–Crippen MR) is 179 cm³/mol. The van der Waals surface area contributed by atoms with Crippen molar-refractivity contribution in [2.75, 3.05) is 0 Å². The lowest BCUT2D eigenvalue weighted by Crippen LogP contribution is -2.01. The fraction of sp³-hybridized carbons (Fsp3) is 0.316. The molecule has 0 radical (unpaired) electrons. The standard InChI is InChI=1S/C38H40N4/c1-2-3-4-5-6-7-8-9-10-11-14-28-15-12-13-16-36(28)37-26-35-25-33-20-19-31(40-33)23-29-17-18-30(39-29)24-32-21-22-34(41-32)27-38(37)42-35/h12-13,15-27H,2-11,14H2,1H3. The Hall–Kier alpha value is -4.18. The van der Waals surface area contributed by atoms with Gasteiger partial charge < -0.3 is 0 Å². The van der Waals surface area contributed by atoms with E-state index < -0.39 is 0 Å². The van der Waals surface area contributed by atoms with Crippen LogP contribution in [0, 0.1) is 0 Å². The molecule has 1 aromatic rings. The average molecular weight is 553 g/mol. The number of aliphatic imine (C=N–C) groups is 4. The second kappa shape index (κ2) is 13.7. The summed E-state index contributed by atoms with van der Waals surface area (Å²) in [7, 11) is 0. The Morgan fingerprint density at radius 1 is 0.476 bits per heavy atom. The molecule has 0 aliphatic carbocycles. The highest BCUT2D eigenvalue weighted by molar-refractivity contribution is 6.32. The summed E-state index contributed by atoms with van der Waals surface area (Å²) in [6, 6.07) is 8.84. The normalized spacial score (nSPS) is 18.3. The van der Waals surface area contributed by atoms with Crippen LogP contribution in [0.4, 0.5) is 0 Å². The van der Waals surface area contributed by atoms with Crippen molar-refractivity contribution in [2.45, 2.75) is 77.6 Å². The minimum absolute atomic E-state index is 0.895. The maximum atomic E-state index is 5.07. The van der Waals surface area contributed by atoms with E-state index in [0.29, 0.717) is 0 Å². The van der Waals surface area contributed by atoms with Gasteiger partial charge in [0.15, 0.2) is 0 Å². The molecule has 8 bridgehead atoms. The van der Waals surface area contributed by atoms with E-state index in [1.54, 1.807) is 0 Å². The van der Waals surface area contributed by atoms with Crippen molar-refractivity contribution in [3.63, 3.8) is 0 Å². The van der Waals surface area contributed by atoms with E-state index in [0.717, 1.165) is 57.6 Å². The smallest absolute Gasteiger partial charge is 0.0737 e. The molecule has 0 amide bonds. The molecule has 0 unspecified atom stereocenters. The molecule has 0 atom stereocenters. The van der Waals surface area contributed by atoms with Crippen LogP contribution in [0.1, 0.15) is 82.3 Å². The molecule has 0 aromatic heterocycles. The van der Waals surface area contributed by atoms with Gasteiger partial charge in [-0.15, -0.1) is 0 Å². The third-order valence-corrected chi connectivity index (χ3v) is 8.15. The molecule has 42 heavy (non-hydrogen) atoms. The van der Waals surface area contributed by atoms with Gasteiger partial charge in [0.1, 0.15) is 0 Å². The average Bonchev–Trinajstić information content (AvgIpc) is 3.80. The largest absolute Gasteiger partial charge is 0.249 e. The van der Waals surface area contributed by atoms with Gasteiger partial charge in [-0.3, -0.25) is 0 Å². The first-order chi connectivity index (χ1) is 20.7. The van der Waals surface area contributed by atoms with E-state index in [-0.39, 0.29) is 0 Å². The second-order valence-corrected chi connectivity index (χ2v) is 11.5. The quantitative estimate of drug-likeness (QED) is 0.232. The number of allylic oxidation sites excluding steroid dienone is 12. The molecule has 6 rings (SSSR count). The van der Waals surface area contributed by atoms with Gasteiger partial charge in [-0.05, 0) is 90.8 Å². The Bertz CT molecular complexity index is 1590. The molecular formula is C38H40N4. The lowest BCUT2D eigenvalue weighted by Gasteiger charge is -2.11. The number of rotatable bonds is 12. The minimum atomic E-state index is 0.895. The highest BCUT2D eigenvalue weighted by Crippen LogP contribution is 2.31. The van der Waals surface area contributed by atoms with Gasteiger partial charge in [-0.2, -0.15) is 0 Å². The fourth-order valence-electron chi connectivity index (χ4n) is 5.92. The van der Waals surface area contributed by atoms with E-state index in [4.69, 9.17) is 20.0 Å². The van der Waals surface area contributed by atoms with E-state index in [1.165, 1.54) is 75.3 Å². The number of nitrogens with zero attached hydrogens (tertiary/aromatic N) is 4. The van der Waals surface area contributed by atoms with Crippen molar-refractivity contribution in [1.82, 2.24) is 0 Å². The minimum Gasteiger partial charge on any atom is -0.249 e. The van der Waals surface area contributed by atoms with Crippen LogP contribution in [0.3, 0.4) is 0 Å². The van der Waals surface area contributed by atoms with Gasteiger partial charge in [0.25, 0.3) is 0 Å². The summed E-state index contributed by atoms with van der Waals surface area (Å²) in [4.78, 5) is 19.4. The van der Waals surface area contributed by atoms with Gasteiger partial charge in [0.2, 0.25) is 0 Å². The maximum Gasteiger partial charge on any atom is 0.0737 e. The van der Waals surface area contributed by atoms with E-state index >= 15 is 0 Å². The number of hydrogen-bond acceptors (Lipinski definition) is 4.